The van der Waals surface area contributed by atoms with Crippen LogP contribution in [0.5, 0.6) is 5.75 Å². The third kappa shape index (κ3) is 6.28. The van der Waals surface area contributed by atoms with Crippen molar-refractivity contribution in [1.82, 2.24) is 15.2 Å². The summed E-state index contributed by atoms with van der Waals surface area (Å²) >= 11 is 6.01. The van der Waals surface area contributed by atoms with E-state index in [0.717, 1.165) is 6.07 Å². The molecule has 1 aliphatic rings. The van der Waals surface area contributed by atoms with E-state index in [-0.39, 0.29) is 36.6 Å². The van der Waals surface area contributed by atoms with E-state index in [1.807, 2.05) is 0 Å². The number of anilines is 1. The lowest BCUT2D eigenvalue weighted by Crippen LogP contribution is -2.43. The molecule has 0 atom stereocenters. The van der Waals surface area contributed by atoms with Crippen molar-refractivity contribution < 1.29 is 27.5 Å². The smallest absolute Gasteiger partial charge is 0.419 e. The minimum Gasteiger partial charge on any atom is -0.496 e. The van der Waals surface area contributed by atoms with Crippen LogP contribution in [0.2, 0.25) is 5.02 Å². The maximum absolute atomic E-state index is 13.0. The number of amides is 2. The maximum atomic E-state index is 13.0. The molecule has 1 saturated heterocycles. The predicted molar refractivity (Wildman–Crippen MR) is 117 cm³/mol. The van der Waals surface area contributed by atoms with E-state index >= 15 is 0 Å². The number of halogens is 4. The zero-order chi connectivity index (χ0) is 24.0. The number of likely N-dealkylation sites (tertiary alicyclic amines) is 1. The van der Waals surface area contributed by atoms with Crippen molar-refractivity contribution >= 4 is 29.2 Å². The number of carbonyl (C=O) groups excluding carboxylic acids is 2. The highest BCUT2D eigenvalue weighted by molar-refractivity contribution is 6.31. The number of aromatic nitrogens is 1. The number of carbonyl (C=O) groups is 2. The molecule has 2 aromatic rings. The normalized spacial score (nSPS) is 14.6. The lowest BCUT2D eigenvalue weighted by molar-refractivity contribution is -0.137. The van der Waals surface area contributed by atoms with Gasteiger partial charge in [-0.1, -0.05) is 11.6 Å². The summed E-state index contributed by atoms with van der Waals surface area (Å²) in [7, 11) is 1.48. The van der Waals surface area contributed by atoms with Gasteiger partial charge in [-0.3, -0.25) is 9.59 Å². The second-order valence-electron chi connectivity index (χ2n) is 7.53. The van der Waals surface area contributed by atoms with Crippen LogP contribution in [0.3, 0.4) is 0 Å². The summed E-state index contributed by atoms with van der Waals surface area (Å²) < 4.78 is 44.2. The van der Waals surface area contributed by atoms with E-state index in [1.54, 1.807) is 23.1 Å². The molecule has 178 valence electrons. The lowest BCUT2D eigenvalue weighted by Gasteiger charge is -2.31. The van der Waals surface area contributed by atoms with Gasteiger partial charge in [0.1, 0.15) is 11.6 Å². The van der Waals surface area contributed by atoms with Crippen LogP contribution < -0.4 is 15.4 Å². The molecule has 33 heavy (non-hydrogen) atoms. The highest BCUT2D eigenvalue weighted by Crippen LogP contribution is 2.33. The Morgan fingerprint density at radius 1 is 1.21 bits per heavy atom. The van der Waals surface area contributed by atoms with Crippen LogP contribution in [-0.4, -0.2) is 55.0 Å². The number of benzene rings is 1. The van der Waals surface area contributed by atoms with Gasteiger partial charge in [0, 0.05) is 43.3 Å². The van der Waals surface area contributed by atoms with E-state index in [2.05, 4.69) is 15.6 Å². The van der Waals surface area contributed by atoms with Crippen molar-refractivity contribution in [1.29, 1.82) is 0 Å². The van der Waals surface area contributed by atoms with Gasteiger partial charge in [0.15, 0.2) is 0 Å². The number of methoxy groups -OCH3 is 1. The molecule has 3 rings (SSSR count). The molecule has 1 aromatic carbocycles. The first-order valence-corrected chi connectivity index (χ1v) is 10.7. The molecule has 0 radical (unpaired) electrons. The van der Waals surface area contributed by atoms with Crippen molar-refractivity contribution in [3.05, 3.63) is 52.7 Å². The molecule has 1 aliphatic heterocycles. The molecule has 1 fully saturated rings. The summed E-state index contributed by atoms with van der Waals surface area (Å²) in [6, 6.07) is 6.99. The summed E-state index contributed by atoms with van der Waals surface area (Å²) in [5.74, 6) is -0.536. The molecule has 7 nitrogen and oxygen atoms in total. The van der Waals surface area contributed by atoms with Crippen LogP contribution >= 0.6 is 11.6 Å². The van der Waals surface area contributed by atoms with Gasteiger partial charge in [0.2, 0.25) is 5.91 Å². The number of ether oxygens (including phenoxy) is 1. The number of pyridine rings is 1. The SMILES string of the molecule is COc1ccc(Cl)cc1C(=O)N1CCC(C(=O)NCCNc2ncccc2C(F)(F)F)CC1. The Balaban J connectivity index is 1.46. The van der Waals surface area contributed by atoms with Gasteiger partial charge >= 0.3 is 6.18 Å². The number of alkyl halides is 3. The van der Waals surface area contributed by atoms with Gasteiger partial charge in [-0.05, 0) is 43.2 Å². The number of rotatable bonds is 7. The van der Waals surface area contributed by atoms with E-state index in [9.17, 15) is 22.8 Å². The van der Waals surface area contributed by atoms with Gasteiger partial charge in [0.05, 0.1) is 18.2 Å². The standard InChI is InChI=1S/C22H24ClF3N4O3/c1-33-18-5-4-15(23)13-16(18)21(32)30-11-6-14(7-12-30)20(31)29-10-9-28-19-17(22(24,25)26)3-2-8-27-19/h2-5,8,13-14H,6-7,9-12H2,1H3,(H,27,28)(H,29,31). The number of hydrogen-bond donors (Lipinski definition) is 2. The summed E-state index contributed by atoms with van der Waals surface area (Å²) in [4.78, 5) is 30.7. The first kappa shape index (κ1) is 24.6. The molecular formula is C22H24ClF3N4O3. The highest BCUT2D eigenvalue weighted by atomic mass is 35.5. The Kier molecular flexibility index (Phi) is 8.01. The minimum absolute atomic E-state index is 0.0950. The van der Waals surface area contributed by atoms with Crippen LogP contribution in [-0.2, 0) is 11.0 Å². The Bertz CT molecular complexity index is 995. The zero-order valence-corrected chi connectivity index (χ0v) is 18.7. The van der Waals surface area contributed by atoms with Crippen LogP contribution in [0.15, 0.2) is 36.5 Å². The molecule has 0 bridgehead atoms. The van der Waals surface area contributed by atoms with Crippen LogP contribution in [0.1, 0.15) is 28.8 Å². The van der Waals surface area contributed by atoms with Gasteiger partial charge in [-0.25, -0.2) is 4.98 Å². The summed E-state index contributed by atoms with van der Waals surface area (Å²) in [5, 5.41) is 5.77. The van der Waals surface area contributed by atoms with E-state index in [4.69, 9.17) is 16.3 Å². The Morgan fingerprint density at radius 2 is 1.94 bits per heavy atom. The first-order chi connectivity index (χ1) is 15.7. The van der Waals surface area contributed by atoms with E-state index < -0.39 is 11.7 Å². The summed E-state index contributed by atoms with van der Waals surface area (Å²) in [6.07, 6.45) is -2.29. The lowest BCUT2D eigenvalue weighted by atomic mass is 9.95. The minimum atomic E-state index is -4.51. The fourth-order valence-electron chi connectivity index (χ4n) is 3.65. The van der Waals surface area contributed by atoms with Crippen molar-refractivity contribution in [2.75, 3.05) is 38.6 Å². The van der Waals surface area contributed by atoms with Crippen LogP contribution in [0.25, 0.3) is 0 Å². The predicted octanol–water partition coefficient (Wildman–Crippen LogP) is 3.84. The molecule has 0 aliphatic carbocycles. The molecule has 11 heteroatoms. The maximum Gasteiger partial charge on any atom is 0.419 e. The van der Waals surface area contributed by atoms with Gasteiger partial charge in [-0.2, -0.15) is 13.2 Å². The number of piperidine rings is 1. The molecule has 2 N–H and O–H groups in total. The van der Waals surface area contributed by atoms with E-state index in [1.165, 1.54) is 19.4 Å². The Morgan fingerprint density at radius 3 is 2.61 bits per heavy atom. The largest absolute Gasteiger partial charge is 0.496 e. The van der Waals surface area contributed by atoms with Crippen LogP contribution in [0, 0.1) is 5.92 Å². The van der Waals surface area contributed by atoms with Crippen molar-refractivity contribution in [3.63, 3.8) is 0 Å². The fraction of sp³-hybridized carbons (Fsp3) is 0.409. The number of nitrogens with one attached hydrogen (secondary N) is 2. The summed E-state index contributed by atoms with van der Waals surface area (Å²) in [6.45, 7) is 1.03. The van der Waals surface area contributed by atoms with Crippen LogP contribution in [0.4, 0.5) is 19.0 Å². The van der Waals surface area contributed by atoms with Gasteiger partial charge in [0.25, 0.3) is 5.91 Å². The summed E-state index contributed by atoms with van der Waals surface area (Å²) in [5.41, 5.74) is -0.489. The van der Waals surface area contributed by atoms with Crippen molar-refractivity contribution in [2.24, 2.45) is 5.92 Å². The molecule has 2 heterocycles. The number of hydrogen-bond acceptors (Lipinski definition) is 5. The molecule has 0 saturated carbocycles. The average Bonchev–Trinajstić information content (AvgIpc) is 2.81. The third-order valence-corrected chi connectivity index (χ3v) is 5.61. The van der Waals surface area contributed by atoms with Gasteiger partial charge < -0.3 is 20.3 Å². The quantitative estimate of drug-likeness (QED) is 0.583. The molecular weight excluding hydrogens is 461 g/mol. The average molecular weight is 485 g/mol. The van der Waals surface area contributed by atoms with Crippen molar-refractivity contribution in [3.8, 4) is 5.75 Å². The molecule has 1 aromatic heterocycles. The molecule has 0 unspecified atom stereocenters. The molecule has 2 amide bonds. The molecule has 0 spiro atoms. The zero-order valence-electron chi connectivity index (χ0n) is 17.9. The third-order valence-electron chi connectivity index (χ3n) is 5.37. The Hall–Kier alpha value is -3.01. The van der Waals surface area contributed by atoms with Crippen molar-refractivity contribution in [2.45, 2.75) is 19.0 Å². The second kappa shape index (κ2) is 10.7. The topological polar surface area (TPSA) is 83.6 Å². The second-order valence-corrected chi connectivity index (χ2v) is 7.96. The van der Waals surface area contributed by atoms with Gasteiger partial charge in [-0.15, -0.1) is 0 Å². The monoisotopic (exact) mass is 484 g/mol. The number of nitrogens with zero attached hydrogens (tertiary/aromatic N) is 2. The highest BCUT2D eigenvalue weighted by Gasteiger charge is 2.34. The van der Waals surface area contributed by atoms with E-state index in [0.29, 0.717) is 42.3 Å². The Labute approximate surface area is 194 Å². The first-order valence-electron chi connectivity index (χ1n) is 10.4. The fourth-order valence-corrected chi connectivity index (χ4v) is 3.82.